The van der Waals surface area contributed by atoms with Crippen LogP contribution in [-0.2, 0) is 11.3 Å². The van der Waals surface area contributed by atoms with Gasteiger partial charge in [0.15, 0.2) is 0 Å². The van der Waals surface area contributed by atoms with E-state index >= 15 is 0 Å². The number of carbonyl (C=O) groups is 1. The summed E-state index contributed by atoms with van der Waals surface area (Å²) in [5, 5.41) is 5.79. The van der Waals surface area contributed by atoms with Crippen molar-refractivity contribution in [3.05, 3.63) is 23.7 Å². The van der Waals surface area contributed by atoms with Gasteiger partial charge in [-0.15, -0.1) is 0 Å². The van der Waals surface area contributed by atoms with Crippen molar-refractivity contribution in [3.63, 3.8) is 0 Å². The fraction of sp³-hybridized carbons (Fsp3) is 0.615. The Hall–Kier alpha value is -1.29. The summed E-state index contributed by atoms with van der Waals surface area (Å²) >= 11 is 0. The van der Waals surface area contributed by atoms with E-state index in [4.69, 9.17) is 4.42 Å². The molecule has 17 heavy (non-hydrogen) atoms. The van der Waals surface area contributed by atoms with Crippen LogP contribution in [0.25, 0.3) is 0 Å². The van der Waals surface area contributed by atoms with Gasteiger partial charge in [-0.1, -0.05) is 6.92 Å². The van der Waals surface area contributed by atoms with Gasteiger partial charge in [-0.2, -0.15) is 0 Å². The lowest BCUT2D eigenvalue weighted by Gasteiger charge is -2.01. The van der Waals surface area contributed by atoms with Gasteiger partial charge in [0.1, 0.15) is 11.5 Å². The Morgan fingerprint density at radius 1 is 1.53 bits per heavy atom. The summed E-state index contributed by atoms with van der Waals surface area (Å²) in [5.41, 5.74) is 0. The quantitative estimate of drug-likeness (QED) is 0.738. The van der Waals surface area contributed by atoms with Gasteiger partial charge in [-0.05, 0) is 24.5 Å². The lowest BCUT2D eigenvalue weighted by atomic mass is 10.3. The second kappa shape index (κ2) is 5.36. The molecule has 1 saturated carbocycles. The number of furan rings is 1. The molecule has 1 heterocycles. The Bertz CT molecular complexity index is 387. The van der Waals surface area contributed by atoms with Gasteiger partial charge in [0.05, 0.1) is 6.54 Å². The first-order valence-corrected chi connectivity index (χ1v) is 6.20. The Balaban J connectivity index is 1.69. The normalized spacial score (nSPS) is 22.5. The third kappa shape index (κ3) is 3.33. The molecule has 1 amide bonds. The molecule has 0 radical (unpaired) electrons. The van der Waals surface area contributed by atoms with Gasteiger partial charge in [-0.3, -0.25) is 4.79 Å². The van der Waals surface area contributed by atoms with Crippen LogP contribution in [0, 0.1) is 5.92 Å². The predicted octanol–water partition coefficient (Wildman–Crippen LogP) is 1.63. The van der Waals surface area contributed by atoms with Gasteiger partial charge < -0.3 is 15.1 Å². The Morgan fingerprint density at radius 2 is 2.29 bits per heavy atom. The zero-order chi connectivity index (χ0) is 12.3. The average Bonchev–Trinajstić information content (AvgIpc) is 2.89. The largest absolute Gasteiger partial charge is 0.464 e. The van der Waals surface area contributed by atoms with E-state index in [1.807, 2.05) is 6.07 Å². The highest BCUT2D eigenvalue weighted by molar-refractivity contribution is 5.75. The number of amides is 1. The van der Waals surface area contributed by atoms with Gasteiger partial charge >= 0.3 is 0 Å². The SMILES string of the molecule is CNC(=O)CCNCc1ccc(C2CC2C)o1. The molecule has 94 valence electrons. The van der Waals surface area contributed by atoms with E-state index < -0.39 is 0 Å². The van der Waals surface area contributed by atoms with Crippen molar-refractivity contribution in [2.24, 2.45) is 5.92 Å². The molecule has 0 spiro atoms. The Morgan fingerprint density at radius 3 is 2.94 bits per heavy atom. The Kier molecular flexibility index (Phi) is 3.84. The predicted molar refractivity (Wildman–Crippen MR) is 65.6 cm³/mol. The molecule has 0 saturated heterocycles. The van der Waals surface area contributed by atoms with Crippen LogP contribution in [0.15, 0.2) is 16.5 Å². The fourth-order valence-corrected chi connectivity index (χ4v) is 1.95. The molecule has 2 atom stereocenters. The fourth-order valence-electron chi connectivity index (χ4n) is 1.95. The summed E-state index contributed by atoms with van der Waals surface area (Å²) in [7, 11) is 1.65. The molecule has 0 aromatic carbocycles. The summed E-state index contributed by atoms with van der Waals surface area (Å²) in [6.07, 6.45) is 1.75. The van der Waals surface area contributed by atoms with Gasteiger partial charge in [0, 0.05) is 25.9 Å². The zero-order valence-electron chi connectivity index (χ0n) is 10.5. The van der Waals surface area contributed by atoms with E-state index in [9.17, 15) is 4.79 Å². The topological polar surface area (TPSA) is 54.3 Å². The smallest absolute Gasteiger partial charge is 0.221 e. The minimum Gasteiger partial charge on any atom is -0.464 e. The summed E-state index contributed by atoms with van der Waals surface area (Å²) in [5.74, 6) is 3.53. The number of rotatable bonds is 6. The first kappa shape index (κ1) is 12.2. The monoisotopic (exact) mass is 236 g/mol. The van der Waals surface area contributed by atoms with Gasteiger partial charge in [0.2, 0.25) is 5.91 Å². The second-order valence-corrected chi connectivity index (χ2v) is 4.72. The van der Waals surface area contributed by atoms with Gasteiger partial charge in [-0.25, -0.2) is 0 Å². The number of nitrogens with one attached hydrogen (secondary N) is 2. The van der Waals surface area contributed by atoms with Crippen LogP contribution in [0.4, 0.5) is 0 Å². The summed E-state index contributed by atoms with van der Waals surface area (Å²) in [4.78, 5) is 11.0. The molecular formula is C13H20N2O2. The van der Waals surface area contributed by atoms with Gasteiger partial charge in [0.25, 0.3) is 0 Å². The highest BCUT2D eigenvalue weighted by atomic mass is 16.3. The molecule has 1 fully saturated rings. The van der Waals surface area contributed by atoms with E-state index in [-0.39, 0.29) is 5.91 Å². The standard InChI is InChI=1S/C13H20N2O2/c1-9-7-11(9)12-4-3-10(17-12)8-15-6-5-13(16)14-2/h3-4,9,11,15H,5-8H2,1-2H3,(H,14,16). The highest BCUT2D eigenvalue weighted by Crippen LogP contribution is 2.47. The molecule has 2 unspecified atom stereocenters. The molecule has 1 aliphatic rings. The van der Waals surface area contributed by atoms with E-state index in [0.29, 0.717) is 25.4 Å². The minimum absolute atomic E-state index is 0.0597. The number of carbonyl (C=O) groups excluding carboxylic acids is 1. The van der Waals surface area contributed by atoms with E-state index in [1.54, 1.807) is 7.05 Å². The third-order valence-electron chi connectivity index (χ3n) is 3.26. The second-order valence-electron chi connectivity index (χ2n) is 4.72. The minimum atomic E-state index is 0.0597. The maximum atomic E-state index is 11.0. The molecule has 1 aromatic heterocycles. The molecule has 4 heteroatoms. The van der Waals surface area contributed by atoms with Crippen LogP contribution in [0.1, 0.15) is 37.2 Å². The number of hydrogen-bond donors (Lipinski definition) is 2. The van der Waals surface area contributed by atoms with Crippen LogP contribution < -0.4 is 10.6 Å². The number of hydrogen-bond acceptors (Lipinski definition) is 3. The van der Waals surface area contributed by atoms with E-state index in [0.717, 1.165) is 17.4 Å². The van der Waals surface area contributed by atoms with Crippen molar-refractivity contribution in [2.75, 3.05) is 13.6 Å². The molecule has 4 nitrogen and oxygen atoms in total. The molecule has 0 aliphatic heterocycles. The molecule has 1 aliphatic carbocycles. The summed E-state index contributed by atoms with van der Waals surface area (Å²) in [6.45, 7) is 3.61. The van der Waals surface area contributed by atoms with E-state index in [2.05, 4.69) is 23.6 Å². The summed E-state index contributed by atoms with van der Waals surface area (Å²) < 4.78 is 5.75. The molecular weight excluding hydrogens is 216 g/mol. The van der Waals surface area contributed by atoms with Crippen molar-refractivity contribution in [2.45, 2.75) is 32.2 Å². The van der Waals surface area contributed by atoms with E-state index in [1.165, 1.54) is 6.42 Å². The summed E-state index contributed by atoms with van der Waals surface area (Å²) in [6, 6.07) is 4.09. The Labute approximate surface area is 102 Å². The lowest BCUT2D eigenvalue weighted by molar-refractivity contribution is -0.120. The molecule has 2 rings (SSSR count). The first-order valence-electron chi connectivity index (χ1n) is 6.20. The van der Waals surface area contributed by atoms with Crippen molar-refractivity contribution >= 4 is 5.91 Å². The maximum Gasteiger partial charge on any atom is 0.221 e. The van der Waals surface area contributed by atoms with Crippen LogP contribution in [0.5, 0.6) is 0 Å². The molecule has 0 bridgehead atoms. The van der Waals surface area contributed by atoms with Crippen molar-refractivity contribution in [1.82, 2.24) is 10.6 Å². The average molecular weight is 236 g/mol. The van der Waals surface area contributed by atoms with Crippen LogP contribution >= 0.6 is 0 Å². The van der Waals surface area contributed by atoms with Crippen LogP contribution in [-0.4, -0.2) is 19.5 Å². The lowest BCUT2D eigenvalue weighted by Crippen LogP contribution is -2.24. The molecule has 2 N–H and O–H groups in total. The van der Waals surface area contributed by atoms with Crippen molar-refractivity contribution < 1.29 is 9.21 Å². The van der Waals surface area contributed by atoms with Crippen molar-refractivity contribution in [1.29, 1.82) is 0 Å². The first-order chi connectivity index (χ1) is 8.20. The van der Waals surface area contributed by atoms with Crippen molar-refractivity contribution in [3.8, 4) is 0 Å². The van der Waals surface area contributed by atoms with Crippen LogP contribution in [0.2, 0.25) is 0 Å². The maximum absolute atomic E-state index is 11.0. The third-order valence-corrected chi connectivity index (χ3v) is 3.26. The molecule has 1 aromatic rings. The highest BCUT2D eigenvalue weighted by Gasteiger charge is 2.36. The zero-order valence-corrected chi connectivity index (χ0v) is 10.5. The van der Waals surface area contributed by atoms with Crippen LogP contribution in [0.3, 0.4) is 0 Å².